The van der Waals surface area contributed by atoms with Crippen molar-refractivity contribution < 1.29 is 9.53 Å². The second kappa shape index (κ2) is 9.01. The highest BCUT2D eigenvalue weighted by Crippen LogP contribution is 2.15. The summed E-state index contributed by atoms with van der Waals surface area (Å²) in [6.07, 6.45) is 1.20. The number of methoxy groups -OCH3 is 1. The number of carbonyl (C=O) groups is 1. The Morgan fingerprint density at radius 2 is 2.04 bits per heavy atom. The standard InChI is InChI=1S/C18H29N3O2/c1-15-8-9-20(18(22)12-17(13-19)23-2)10-11-21(15)14-16-6-4-3-5-7-16/h3-7,15,17H,8-14,19H2,1-2H3. The van der Waals surface area contributed by atoms with Crippen LogP contribution in [0.2, 0.25) is 0 Å². The van der Waals surface area contributed by atoms with Crippen molar-refractivity contribution >= 4 is 5.91 Å². The van der Waals surface area contributed by atoms with E-state index in [9.17, 15) is 4.79 Å². The van der Waals surface area contributed by atoms with Crippen molar-refractivity contribution in [3.05, 3.63) is 35.9 Å². The Morgan fingerprint density at radius 3 is 2.70 bits per heavy atom. The van der Waals surface area contributed by atoms with Crippen LogP contribution in [0, 0.1) is 0 Å². The highest BCUT2D eigenvalue weighted by molar-refractivity contribution is 5.76. The monoisotopic (exact) mass is 319 g/mol. The van der Waals surface area contributed by atoms with Crippen molar-refractivity contribution in [1.82, 2.24) is 9.80 Å². The molecule has 0 radical (unpaired) electrons. The van der Waals surface area contributed by atoms with Gasteiger partial charge >= 0.3 is 0 Å². The van der Waals surface area contributed by atoms with Gasteiger partial charge in [0.15, 0.2) is 0 Å². The maximum absolute atomic E-state index is 12.4. The molecule has 1 aliphatic heterocycles. The van der Waals surface area contributed by atoms with E-state index in [1.54, 1.807) is 7.11 Å². The van der Waals surface area contributed by atoms with Crippen LogP contribution in [0.5, 0.6) is 0 Å². The number of ether oxygens (including phenoxy) is 1. The molecule has 1 aliphatic rings. The molecule has 2 atom stereocenters. The van der Waals surface area contributed by atoms with E-state index in [0.717, 1.165) is 32.6 Å². The molecule has 5 heteroatoms. The quantitative estimate of drug-likeness (QED) is 0.863. The SMILES string of the molecule is COC(CN)CC(=O)N1CCC(C)N(Cc2ccccc2)CC1. The number of nitrogens with zero attached hydrogens (tertiary/aromatic N) is 2. The molecular formula is C18H29N3O2. The first-order chi connectivity index (χ1) is 11.1. The van der Waals surface area contributed by atoms with Gasteiger partial charge in [0.2, 0.25) is 5.91 Å². The van der Waals surface area contributed by atoms with Crippen LogP contribution in [0.1, 0.15) is 25.3 Å². The van der Waals surface area contributed by atoms with E-state index in [0.29, 0.717) is 19.0 Å². The topological polar surface area (TPSA) is 58.8 Å². The molecule has 2 rings (SSSR count). The first kappa shape index (κ1) is 17.9. The predicted octanol–water partition coefficient (Wildman–Crippen LogP) is 1.47. The fourth-order valence-electron chi connectivity index (χ4n) is 3.00. The highest BCUT2D eigenvalue weighted by Gasteiger charge is 2.25. The molecule has 0 aliphatic carbocycles. The molecule has 2 N–H and O–H groups in total. The molecule has 23 heavy (non-hydrogen) atoms. The number of nitrogens with two attached hydrogens (primary N) is 1. The van der Waals surface area contributed by atoms with Gasteiger partial charge in [-0.25, -0.2) is 0 Å². The van der Waals surface area contributed by atoms with Crippen LogP contribution in [-0.4, -0.2) is 61.1 Å². The molecule has 1 aromatic rings. The lowest BCUT2D eigenvalue weighted by Gasteiger charge is -2.26. The lowest BCUT2D eigenvalue weighted by atomic mass is 10.1. The van der Waals surface area contributed by atoms with Crippen LogP contribution >= 0.6 is 0 Å². The van der Waals surface area contributed by atoms with Crippen molar-refractivity contribution in [2.75, 3.05) is 33.3 Å². The average Bonchev–Trinajstić information content (AvgIpc) is 2.76. The van der Waals surface area contributed by atoms with Gasteiger partial charge in [0.05, 0.1) is 12.5 Å². The summed E-state index contributed by atoms with van der Waals surface area (Å²) in [6, 6.07) is 11.0. The van der Waals surface area contributed by atoms with Gasteiger partial charge in [-0.15, -0.1) is 0 Å². The molecule has 0 bridgehead atoms. The summed E-state index contributed by atoms with van der Waals surface area (Å²) in [7, 11) is 1.61. The summed E-state index contributed by atoms with van der Waals surface area (Å²) < 4.78 is 5.23. The van der Waals surface area contributed by atoms with Crippen LogP contribution < -0.4 is 5.73 Å². The van der Waals surface area contributed by atoms with Crippen molar-refractivity contribution in [3.8, 4) is 0 Å². The van der Waals surface area contributed by atoms with Crippen molar-refractivity contribution in [1.29, 1.82) is 0 Å². The maximum Gasteiger partial charge on any atom is 0.225 e. The van der Waals surface area contributed by atoms with E-state index in [1.807, 2.05) is 11.0 Å². The fourth-order valence-corrected chi connectivity index (χ4v) is 3.00. The first-order valence-electron chi connectivity index (χ1n) is 8.42. The normalized spacial score (nSPS) is 21.0. The number of hydrogen-bond acceptors (Lipinski definition) is 4. The van der Waals surface area contributed by atoms with Gasteiger partial charge in [-0.1, -0.05) is 30.3 Å². The van der Waals surface area contributed by atoms with E-state index in [-0.39, 0.29) is 12.0 Å². The fraction of sp³-hybridized carbons (Fsp3) is 0.611. The zero-order valence-corrected chi connectivity index (χ0v) is 14.3. The summed E-state index contributed by atoms with van der Waals surface area (Å²) in [4.78, 5) is 16.8. The molecule has 2 unspecified atom stereocenters. The van der Waals surface area contributed by atoms with Crippen molar-refractivity contribution in [2.45, 2.75) is 38.5 Å². The third-order valence-corrected chi connectivity index (χ3v) is 4.68. The third-order valence-electron chi connectivity index (χ3n) is 4.68. The van der Waals surface area contributed by atoms with Crippen LogP contribution in [0.15, 0.2) is 30.3 Å². The van der Waals surface area contributed by atoms with Crippen LogP contribution in [0.3, 0.4) is 0 Å². The molecule has 1 saturated heterocycles. The third kappa shape index (κ3) is 5.30. The highest BCUT2D eigenvalue weighted by atomic mass is 16.5. The lowest BCUT2D eigenvalue weighted by molar-refractivity contribution is -0.133. The van der Waals surface area contributed by atoms with Gasteiger partial charge in [-0.3, -0.25) is 9.69 Å². The largest absolute Gasteiger partial charge is 0.380 e. The number of benzene rings is 1. The Morgan fingerprint density at radius 1 is 1.30 bits per heavy atom. The van der Waals surface area contributed by atoms with Crippen LogP contribution in [-0.2, 0) is 16.1 Å². The Bertz CT molecular complexity index is 476. The molecule has 1 heterocycles. The van der Waals surface area contributed by atoms with Crippen molar-refractivity contribution in [3.63, 3.8) is 0 Å². The summed E-state index contributed by atoms with van der Waals surface area (Å²) in [5, 5.41) is 0. The molecule has 1 amide bonds. The number of rotatable bonds is 6. The first-order valence-corrected chi connectivity index (χ1v) is 8.42. The summed E-state index contributed by atoms with van der Waals surface area (Å²) in [6.45, 7) is 6.06. The molecular weight excluding hydrogens is 290 g/mol. The number of hydrogen-bond donors (Lipinski definition) is 1. The van der Waals surface area contributed by atoms with Gasteiger partial charge in [0.25, 0.3) is 0 Å². The summed E-state index contributed by atoms with van der Waals surface area (Å²) in [5.41, 5.74) is 6.94. The van der Waals surface area contributed by atoms with Gasteiger partial charge < -0.3 is 15.4 Å². The predicted molar refractivity (Wildman–Crippen MR) is 92.0 cm³/mol. The van der Waals surface area contributed by atoms with E-state index in [2.05, 4.69) is 36.1 Å². The second-order valence-corrected chi connectivity index (χ2v) is 6.27. The molecule has 1 aromatic carbocycles. The van der Waals surface area contributed by atoms with Gasteiger partial charge in [-0.05, 0) is 18.9 Å². The average molecular weight is 319 g/mol. The zero-order chi connectivity index (χ0) is 16.7. The summed E-state index contributed by atoms with van der Waals surface area (Å²) >= 11 is 0. The van der Waals surface area contributed by atoms with E-state index in [1.165, 1.54) is 5.56 Å². The Kier molecular flexibility index (Phi) is 7.02. The van der Waals surface area contributed by atoms with Gasteiger partial charge in [0, 0.05) is 45.9 Å². The van der Waals surface area contributed by atoms with Crippen molar-refractivity contribution in [2.24, 2.45) is 5.73 Å². The minimum absolute atomic E-state index is 0.149. The summed E-state index contributed by atoms with van der Waals surface area (Å²) in [5.74, 6) is 0.149. The molecule has 0 saturated carbocycles. The lowest BCUT2D eigenvalue weighted by Crippen LogP contribution is -2.38. The molecule has 0 aromatic heterocycles. The zero-order valence-electron chi connectivity index (χ0n) is 14.3. The van der Waals surface area contributed by atoms with Gasteiger partial charge in [-0.2, -0.15) is 0 Å². The molecule has 128 valence electrons. The Labute approximate surface area is 139 Å². The Balaban J connectivity index is 1.91. The minimum Gasteiger partial charge on any atom is -0.380 e. The smallest absolute Gasteiger partial charge is 0.225 e. The van der Waals surface area contributed by atoms with Gasteiger partial charge in [0.1, 0.15) is 0 Å². The van der Waals surface area contributed by atoms with Crippen LogP contribution in [0.25, 0.3) is 0 Å². The van der Waals surface area contributed by atoms with E-state index < -0.39 is 0 Å². The second-order valence-electron chi connectivity index (χ2n) is 6.27. The van der Waals surface area contributed by atoms with E-state index in [4.69, 9.17) is 10.5 Å². The Hall–Kier alpha value is -1.43. The number of amides is 1. The molecule has 1 fully saturated rings. The molecule has 5 nitrogen and oxygen atoms in total. The number of carbonyl (C=O) groups excluding carboxylic acids is 1. The maximum atomic E-state index is 12.4. The minimum atomic E-state index is -0.177. The van der Waals surface area contributed by atoms with E-state index >= 15 is 0 Å². The molecule has 0 spiro atoms. The van der Waals surface area contributed by atoms with Crippen LogP contribution in [0.4, 0.5) is 0 Å².